The Morgan fingerprint density at radius 2 is 1.75 bits per heavy atom. The average Bonchev–Trinajstić information content (AvgIpc) is 3.30. The first kappa shape index (κ1) is 19.8. The van der Waals surface area contributed by atoms with E-state index in [9.17, 15) is 4.79 Å². The van der Waals surface area contributed by atoms with E-state index in [4.69, 9.17) is 22.8 Å². The standard InChI is InChI=1S/C17H32O6Si/c1-5-20-24(21-6-2,22-7-3)12-8-11-19-16(18)17(4)10-9-14-15(13-17)23-14/h14-15H,5-13H2,1-4H3. The van der Waals surface area contributed by atoms with Crippen LogP contribution in [0.3, 0.4) is 0 Å². The van der Waals surface area contributed by atoms with Crippen molar-refractivity contribution in [1.82, 2.24) is 0 Å². The van der Waals surface area contributed by atoms with E-state index in [-0.39, 0.29) is 12.1 Å². The number of ether oxygens (including phenoxy) is 2. The van der Waals surface area contributed by atoms with Crippen LogP contribution >= 0.6 is 0 Å². The van der Waals surface area contributed by atoms with Crippen molar-refractivity contribution >= 4 is 14.8 Å². The summed E-state index contributed by atoms with van der Waals surface area (Å²) in [5, 5.41) is 0. The van der Waals surface area contributed by atoms with Crippen molar-refractivity contribution in [1.29, 1.82) is 0 Å². The largest absolute Gasteiger partial charge is 0.501 e. The highest BCUT2D eigenvalue weighted by molar-refractivity contribution is 6.60. The molecule has 7 heteroatoms. The molecule has 0 spiro atoms. The van der Waals surface area contributed by atoms with E-state index in [2.05, 4.69) is 0 Å². The molecule has 0 aromatic heterocycles. The first-order valence-electron chi connectivity index (χ1n) is 9.23. The lowest BCUT2D eigenvalue weighted by Gasteiger charge is -2.30. The van der Waals surface area contributed by atoms with E-state index in [0.29, 0.717) is 45.0 Å². The van der Waals surface area contributed by atoms with Gasteiger partial charge < -0.3 is 22.8 Å². The van der Waals surface area contributed by atoms with Crippen molar-refractivity contribution in [3.05, 3.63) is 0 Å². The van der Waals surface area contributed by atoms with Gasteiger partial charge in [-0.3, -0.25) is 4.79 Å². The lowest BCUT2D eigenvalue weighted by Crippen LogP contribution is -2.46. The quantitative estimate of drug-likeness (QED) is 0.244. The Balaban J connectivity index is 1.76. The number of fused-ring (bicyclic) bond motifs is 1. The average molecular weight is 361 g/mol. The van der Waals surface area contributed by atoms with Crippen LogP contribution in [0.5, 0.6) is 0 Å². The second-order valence-electron chi connectivity index (χ2n) is 6.74. The second-order valence-corrected chi connectivity index (χ2v) is 9.47. The van der Waals surface area contributed by atoms with Crippen molar-refractivity contribution < 1.29 is 27.5 Å². The summed E-state index contributed by atoms with van der Waals surface area (Å²) in [5.41, 5.74) is -0.397. The van der Waals surface area contributed by atoms with E-state index in [1.54, 1.807) is 0 Å². The van der Waals surface area contributed by atoms with Crippen LogP contribution in [0.25, 0.3) is 0 Å². The molecule has 1 saturated heterocycles. The molecule has 0 radical (unpaired) electrons. The topological polar surface area (TPSA) is 66.5 Å². The SMILES string of the molecule is CCO[Si](CCCOC(=O)C1(C)CCC2OC2C1)(OCC)OCC. The van der Waals surface area contributed by atoms with E-state index >= 15 is 0 Å². The number of epoxide rings is 1. The highest BCUT2D eigenvalue weighted by Gasteiger charge is 2.52. The third-order valence-electron chi connectivity index (χ3n) is 4.77. The van der Waals surface area contributed by atoms with Gasteiger partial charge in [-0.05, 0) is 53.4 Å². The Bertz CT molecular complexity index is 401. The number of hydrogen-bond donors (Lipinski definition) is 0. The third-order valence-corrected chi connectivity index (χ3v) is 7.92. The van der Waals surface area contributed by atoms with Gasteiger partial charge in [-0.2, -0.15) is 0 Å². The van der Waals surface area contributed by atoms with Crippen LogP contribution in [0.1, 0.15) is 53.4 Å². The van der Waals surface area contributed by atoms with Crippen molar-refractivity contribution in [2.75, 3.05) is 26.4 Å². The van der Waals surface area contributed by atoms with Crippen molar-refractivity contribution in [3.8, 4) is 0 Å². The zero-order valence-corrected chi connectivity index (χ0v) is 16.5. The molecule has 1 saturated carbocycles. The fourth-order valence-electron chi connectivity index (χ4n) is 3.43. The summed E-state index contributed by atoms with van der Waals surface area (Å²) in [4.78, 5) is 12.4. The molecule has 0 N–H and O–H groups in total. The summed E-state index contributed by atoms with van der Waals surface area (Å²) in [6.07, 6.45) is 3.95. The maximum atomic E-state index is 12.4. The Morgan fingerprint density at radius 3 is 2.29 bits per heavy atom. The molecule has 2 aliphatic rings. The predicted octanol–water partition coefficient (Wildman–Crippen LogP) is 2.93. The predicted molar refractivity (Wildman–Crippen MR) is 91.6 cm³/mol. The van der Waals surface area contributed by atoms with Gasteiger partial charge in [-0.15, -0.1) is 0 Å². The van der Waals surface area contributed by atoms with Crippen molar-refractivity contribution in [2.24, 2.45) is 5.41 Å². The Kier molecular flexibility index (Phi) is 7.24. The molecule has 0 aromatic carbocycles. The van der Waals surface area contributed by atoms with E-state index in [1.165, 1.54) is 0 Å². The van der Waals surface area contributed by atoms with Gasteiger partial charge in [0.1, 0.15) is 0 Å². The normalized spacial score (nSPS) is 29.2. The third kappa shape index (κ3) is 5.02. The minimum absolute atomic E-state index is 0.104. The first-order valence-corrected chi connectivity index (χ1v) is 11.2. The molecule has 140 valence electrons. The summed E-state index contributed by atoms with van der Waals surface area (Å²) in [6, 6.07) is 0.667. The maximum Gasteiger partial charge on any atom is 0.501 e. The molecule has 1 aliphatic heterocycles. The minimum Gasteiger partial charge on any atom is -0.465 e. The number of carbonyl (C=O) groups is 1. The summed E-state index contributed by atoms with van der Waals surface area (Å²) < 4.78 is 28.5. The highest BCUT2D eigenvalue weighted by atomic mass is 28.4. The number of esters is 1. The van der Waals surface area contributed by atoms with Crippen molar-refractivity contribution in [3.63, 3.8) is 0 Å². The zero-order chi connectivity index (χ0) is 17.6. The van der Waals surface area contributed by atoms with Gasteiger partial charge in [0.25, 0.3) is 0 Å². The fourth-order valence-corrected chi connectivity index (χ4v) is 6.01. The lowest BCUT2D eigenvalue weighted by atomic mass is 9.76. The Hall–Kier alpha value is -0.473. The van der Waals surface area contributed by atoms with Gasteiger partial charge in [-0.25, -0.2) is 0 Å². The highest BCUT2D eigenvalue weighted by Crippen LogP contribution is 2.46. The number of carbonyl (C=O) groups excluding carboxylic acids is 1. The van der Waals surface area contributed by atoms with E-state index < -0.39 is 14.2 Å². The molecule has 1 aliphatic carbocycles. The molecular weight excluding hydrogens is 328 g/mol. The molecule has 2 rings (SSSR count). The Labute approximate surface area is 146 Å². The molecule has 2 fully saturated rings. The van der Waals surface area contributed by atoms with Crippen LogP contribution < -0.4 is 0 Å². The summed E-state index contributed by atoms with van der Waals surface area (Å²) >= 11 is 0. The van der Waals surface area contributed by atoms with Crippen LogP contribution in [0, 0.1) is 5.41 Å². The van der Waals surface area contributed by atoms with Crippen molar-refractivity contribution in [2.45, 2.75) is 71.6 Å². The molecule has 0 aromatic rings. The summed E-state index contributed by atoms with van der Waals surface area (Å²) in [5.74, 6) is -0.104. The van der Waals surface area contributed by atoms with Crippen LogP contribution in [-0.2, 0) is 27.5 Å². The number of hydrogen-bond acceptors (Lipinski definition) is 6. The van der Waals surface area contributed by atoms with E-state index in [1.807, 2.05) is 27.7 Å². The monoisotopic (exact) mass is 360 g/mol. The van der Waals surface area contributed by atoms with Gasteiger partial charge >= 0.3 is 14.8 Å². The van der Waals surface area contributed by atoms with Gasteiger partial charge in [0.2, 0.25) is 0 Å². The summed E-state index contributed by atoms with van der Waals surface area (Å²) in [7, 11) is -2.64. The van der Waals surface area contributed by atoms with Crippen LogP contribution in [0.2, 0.25) is 6.04 Å². The molecule has 0 amide bonds. The lowest BCUT2D eigenvalue weighted by molar-refractivity contribution is -0.156. The van der Waals surface area contributed by atoms with Crippen LogP contribution in [-0.4, -0.2) is 53.4 Å². The molecule has 6 nitrogen and oxygen atoms in total. The maximum absolute atomic E-state index is 12.4. The van der Waals surface area contributed by atoms with Gasteiger partial charge in [0.15, 0.2) is 0 Å². The molecule has 3 atom stereocenters. The Morgan fingerprint density at radius 1 is 1.12 bits per heavy atom. The summed E-state index contributed by atoms with van der Waals surface area (Å²) in [6.45, 7) is 9.88. The van der Waals surface area contributed by atoms with Gasteiger partial charge in [-0.1, -0.05) is 0 Å². The molecule has 24 heavy (non-hydrogen) atoms. The van der Waals surface area contributed by atoms with Crippen LogP contribution in [0.15, 0.2) is 0 Å². The first-order chi connectivity index (χ1) is 11.5. The van der Waals surface area contributed by atoms with Gasteiger partial charge in [0.05, 0.1) is 24.2 Å². The molecular formula is C17H32O6Si. The van der Waals surface area contributed by atoms with Gasteiger partial charge in [0, 0.05) is 25.9 Å². The number of rotatable bonds is 11. The molecule has 1 heterocycles. The molecule has 3 unspecified atom stereocenters. The van der Waals surface area contributed by atoms with Crippen LogP contribution in [0.4, 0.5) is 0 Å². The van der Waals surface area contributed by atoms with E-state index in [0.717, 1.165) is 19.3 Å². The second kappa shape index (κ2) is 8.76. The molecule has 0 bridgehead atoms. The fraction of sp³-hybridized carbons (Fsp3) is 0.941. The smallest absolute Gasteiger partial charge is 0.465 e. The minimum atomic E-state index is -2.64. The zero-order valence-electron chi connectivity index (χ0n) is 15.5.